The molecule has 30 heavy (non-hydrogen) atoms. The van der Waals surface area contributed by atoms with E-state index in [9.17, 15) is 18.0 Å². The van der Waals surface area contributed by atoms with E-state index in [-0.39, 0.29) is 6.54 Å². The summed E-state index contributed by atoms with van der Waals surface area (Å²) in [4.78, 5) is 16.0. The average molecular weight is 420 g/mol. The molecule has 1 aliphatic carbocycles. The zero-order valence-electron chi connectivity index (χ0n) is 16.5. The minimum atomic E-state index is -1.64. The summed E-state index contributed by atoms with van der Waals surface area (Å²) in [5.74, 6) is -3.29. The molecule has 1 saturated carbocycles. The molecule has 0 bridgehead atoms. The molecule has 160 valence electrons. The van der Waals surface area contributed by atoms with Crippen molar-refractivity contribution in [1.82, 2.24) is 10.6 Å². The third-order valence-electron chi connectivity index (χ3n) is 4.54. The Hall–Kier alpha value is -3.23. The number of hydrogen-bond acceptors (Lipinski definition) is 3. The van der Waals surface area contributed by atoms with E-state index >= 15 is 0 Å². The van der Waals surface area contributed by atoms with Crippen LogP contribution in [0, 0.1) is 23.4 Å². The van der Waals surface area contributed by atoms with E-state index in [4.69, 9.17) is 4.74 Å². The van der Waals surface area contributed by atoms with Crippen molar-refractivity contribution in [1.29, 1.82) is 0 Å². The average Bonchev–Trinajstić information content (AvgIpc) is 3.58. The van der Waals surface area contributed by atoms with Crippen LogP contribution in [-0.4, -0.2) is 32.1 Å². The first kappa shape index (κ1) is 21.5. The first-order valence-electron chi connectivity index (χ1n) is 9.56. The molecule has 1 fully saturated rings. The van der Waals surface area contributed by atoms with Crippen molar-refractivity contribution < 1.29 is 22.7 Å². The van der Waals surface area contributed by atoms with Crippen LogP contribution in [0.4, 0.5) is 18.9 Å². The number of hydrogen-bond donors (Lipinski definition) is 3. The van der Waals surface area contributed by atoms with Crippen LogP contribution in [0.3, 0.4) is 0 Å². The van der Waals surface area contributed by atoms with Gasteiger partial charge in [-0.2, -0.15) is 0 Å². The summed E-state index contributed by atoms with van der Waals surface area (Å²) in [5.41, 5.74) is 0.500. The van der Waals surface area contributed by atoms with Gasteiger partial charge in [0, 0.05) is 19.2 Å². The van der Waals surface area contributed by atoms with Crippen molar-refractivity contribution in [3.63, 3.8) is 0 Å². The van der Waals surface area contributed by atoms with Gasteiger partial charge in [-0.1, -0.05) is 18.2 Å². The predicted molar refractivity (Wildman–Crippen MR) is 108 cm³/mol. The molecule has 0 atom stereocenters. The minimum Gasteiger partial charge on any atom is -0.493 e. The number of amides is 1. The summed E-state index contributed by atoms with van der Waals surface area (Å²) in [7, 11) is 1.54. The van der Waals surface area contributed by atoms with E-state index in [2.05, 4.69) is 20.9 Å². The van der Waals surface area contributed by atoms with E-state index in [0.717, 1.165) is 23.4 Å². The lowest BCUT2D eigenvalue weighted by molar-refractivity contribution is -0.115. The molecule has 2 aromatic rings. The lowest BCUT2D eigenvalue weighted by atomic mass is 10.2. The molecule has 6 nitrogen and oxygen atoms in total. The summed E-state index contributed by atoms with van der Waals surface area (Å²) in [5, 5.41) is 8.04. The molecule has 9 heteroatoms. The Balaban J connectivity index is 1.49. The summed E-state index contributed by atoms with van der Waals surface area (Å²) in [6, 6.07) is 9.34. The fourth-order valence-corrected chi connectivity index (χ4v) is 2.66. The van der Waals surface area contributed by atoms with Crippen LogP contribution in [-0.2, 0) is 11.3 Å². The zero-order valence-corrected chi connectivity index (χ0v) is 16.5. The van der Waals surface area contributed by atoms with Gasteiger partial charge in [0.25, 0.3) is 0 Å². The normalized spacial score (nSPS) is 13.7. The number of nitrogens with one attached hydrogen (secondary N) is 3. The standard InChI is InChI=1S/C21H23F3N4O2/c1-25-21(26-10-14-4-2-3-5-17(14)30-12-13-6-7-13)27-11-18(29)28-16-9-8-15(22)19(23)20(16)24/h2-5,8-9,13H,6-7,10-12H2,1H3,(H,28,29)(H2,25,26,27). The number of rotatable bonds is 8. The van der Waals surface area contributed by atoms with Crippen molar-refractivity contribution in [2.75, 3.05) is 25.5 Å². The molecule has 2 aromatic carbocycles. The van der Waals surface area contributed by atoms with Gasteiger partial charge in [0.1, 0.15) is 5.75 Å². The topological polar surface area (TPSA) is 74.8 Å². The molecule has 1 amide bonds. The van der Waals surface area contributed by atoms with Crippen LogP contribution >= 0.6 is 0 Å². The Morgan fingerprint density at radius 1 is 1.10 bits per heavy atom. The fourth-order valence-electron chi connectivity index (χ4n) is 2.66. The predicted octanol–water partition coefficient (Wildman–Crippen LogP) is 3.20. The van der Waals surface area contributed by atoms with E-state index in [1.54, 1.807) is 0 Å². The van der Waals surface area contributed by atoms with Crippen molar-refractivity contribution in [2.24, 2.45) is 10.9 Å². The van der Waals surface area contributed by atoms with E-state index in [0.29, 0.717) is 25.0 Å². The summed E-state index contributed by atoms with van der Waals surface area (Å²) in [6.45, 7) is 0.864. The zero-order chi connectivity index (χ0) is 21.5. The molecule has 1 aliphatic rings. The minimum absolute atomic E-state index is 0.252. The molecule has 0 unspecified atom stereocenters. The second-order valence-corrected chi connectivity index (χ2v) is 6.91. The molecule has 3 N–H and O–H groups in total. The number of benzene rings is 2. The number of nitrogens with zero attached hydrogens (tertiary/aromatic N) is 1. The largest absolute Gasteiger partial charge is 0.493 e. The molecular formula is C21H23F3N4O2. The number of halogens is 3. The van der Waals surface area contributed by atoms with Crippen LogP contribution in [0.2, 0.25) is 0 Å². The van der Waals surface area contributed by atoms with Crippen LogP contribution in [0.25, 0.3) is 0 Å². The molecule has 0 saturated heterocycles. The molecule has 0 aliphatic heterocycles. The summed E-state index contributed by atoms with van der Waals surface area (Å²) >= 11 is 0. The Morgan fingerprint density at radius 2 is 1.87 bits per heavy atom. The van der Waals surface area contributed by atoms with Crippen LogP contribution < -0.4 is 20.7 Å². The van der Waals surface area contributed by atoms with Gasteiger partial charge in [0.05, 0.1) is 18.8 Å². The molecular weight excluding hydrogens is 397 g/mol. The number of guanidine groups is 1. The van der Waals surface area contributed by atoms with Gasteiger partial charge in [-0.25, -0.2) is 13.2 Å². The number of ether oxygens (including phenoxy) is 1. The second-order valence-electron chi connectivity index (χ2n) is 6.91. The van der Waals surface area contributed by atoms with Crippen molar-refractivity contribution >= 4 is 17.6 Å². The van der Waals surface area contributed by atoms with Crippen LogP contribution in [0.15, 0.2) is 41.4 Å². The first-order valence-corrected chi connectivity index (χ1v) is 9.56. The third-order valence-corrected chi connectivity index (χ3v) is 4.54. The van der Waals surface area contributed by atoms with Crippen LogP contribution in [0.1, 0.15) is 18.4 Å². The number of para-hydroxylation sites is 1. The SMILES string of the molecule is CN=C(NCC(=O)Nc1ccc(F)c(F)c1F)NCc1ccccc1OCC1CC1. The monoisotopic (exact) mass is 420 g/mol. The maximum absolute atomic E-state index is 13.7. The van der Waals surface area contributed by atoms with Crippen molar-refractivity contribution in [3.8, 4) is 5.75 Å². The van der Waals surface area contributed by atoms with Crippen molar-refractivity contribution in [2.45, 2.75) is 19.4 Å². The number of anilines is 1. The summed E-state index contributed by atoms with van der Waals surface area (Å²) < 4.78 is 45.7. The maximum Gasteiger partial charge on any atom is 0.243 e. The number of carbonyl (C=O) groups excluding carboxylic acids is 1. The first-order chi connectivity index (χ1) is 14.5. The Morgan fingerprint density at radius 3 is 2.60 bits per heavy atom. The van der Waals surface area contributed by atoms with Gasteiger partial charge in [0.2, 0.25) is 5.91 Å². The van der Waals surface area contributed by atoms with Crippen molar-refractivity contribution in [3.05, 3.63) is 59.4 Å². The number of carbonyl (C=O) groups is 1. The van der Waals surface area contributed by atoms with Gasteiger partial charge >= 0.3 is 0 Å². The van der Waals surface area contributed by atoms with E-state index in [1.807, 2.05) is 24.3 Å². The molecule has 0 heterocycles. The highest BCUT2D eigenvalue weighted by Gasteiger charge is 2.22. The van der Waals surface area contributed by atoms with Gasteiger partial charge in [-0.15, -0.1) is 0 Å². The number of aliphatic imine (C=N–C) groups is 1. The smallest absolute Gasteiger partial charge is 0.243 e. The third kappa shape index (κ3) is 5.88. The van der Waals surface area contributed by atoms with E-state index < -0.39 is 29.0 Å². The van der Waals surface area contributed by atoms with Gasteiger partial charge < -0.3 is 20.7 Å². The lowest BCUT2D eigenvalue weighted by Gasteiger charge is -2.15. The molecule has 0 radical (unpaired) electrons. The highest BCUT2D eigenvalue weighted by Crippen LogP contribution is 2.30. The Kier molecular flexibility index (Phi) is 7.16. The van der Waals surface area contributed by atoms with Crippen LogP contribution in [0.5, 0.6) is 5.75 Å². The lowest BCUT2D eigenvalue weighted by Crippen LogP contribution is -2.41. The maximum atomic E-state index is 13.7. The quantitative estimate of drug-likeness (QED) is 0.348. The van der Waals surface area contributed by atoms with E-state index in [1.165, 1.54) is 19.9 Å². The van der Waals surface area contributed by atoms with Gasteiger partial charge in [-0.05, 0) is 37.0 Å². The summed E-state index contributed by atoms with van der Waals surface area (Å²) in [6.07, 6.45) is 2.40. The highest BCUT2D eigenvalue weighted by molar-refractivity contribution is 5.95. The molecule has 0 spiro atoms. The highest BCUT2D eigenvalue weighted by atomic mass is 19.2. The fraction of sp³-hybridized carbons (Fsp3) is 0.333. The second kappa shape index (κ2) is 10.00. The van der Waals surface area contributed by atoms with Gasteiger partial charge in [0.15, 0.2) is 23.4 Å². The van der Waals surface area contributed by atoms with Gasteiger partial charge in [-0.3, -0.25) is 9.79 Å². The Labute approximate surface area is 172 Å². The molecule has 3 rings (SSSR count). The molecule has 0 aromatic heterocycles. The Bertz CT molecular complexity index is 932.